The summed E-state index contributed by atoms with van der Waals surface area (Å²) < 4.78 is 0. The highest BCUT2D eigenvalue weighted by molar-refractivity contribution is 5.78. The molecule has 0 fully saturated rings. The van der Waals surface area contributed by atoms with E-state index in [9.17, 15) is 9.59 Å². The van der Waals surface area contributed by atoms with E-state index in [0.29, 0.717) is 13.0 Å². The van der Waals surface area contributed by atoms with E-state index in [1.807, 2.05) is 0 Å². The zero-order chi connectivity index (χ0) is 12.4. The second-order valence-electron chi connectivity index (χ2n) is 4.09. The van der Waals surface area contributed by atoms with E-state index >= 15 is 0 Å². The van der Waals surface area contributed by atoms with Gasteiger partial charge in [-0.15, -0.1) is 0 Å². The van der Waals surface area contributed by atoms with Crippen LogP contribution < -0.4 is 16.8 Å². The summed E-state index contributed by atoms with van der Waals surface area (Å²) >= 11 is 0. The SMILES string of the molecule is CC(CC(N)=O)NC(=O)CCCCCCN. The summed E-state index contributed by atoms with van der Waals surface area (Å²) in [5.41, 5.74) is 10.4. The average molecular weight is 229 g/mol. The molecule has 0 aliphatic rings. The molecular formula is C11H23N3O2. The van der Waals surface area contributed by atoms with E-state index in [-0.39, 0.29) is 18.4 Å². The van der Waals surface area contributed by atoms with E-state index in [4.69, 9.17) is 11.5 Å². The number of nitrogens with two attached hydrogens (primary N) is 2. The van der Waals surface area contributed by atoms with E-state index < -0.39 is 5.91 Å². The average Bonchev–Trinajstić information content (AvgIpc) is 2.15. The molecule has 0 bridgehead atoms. The number of hydrogen-bond acceptors (Lipinski definition) is 3. The largest absolute Gasteiger partial charge is 0.370 e. The summed E-state index contributed by atoms with van der Waals surface area (Å²) in [6.07, 6.45) is 4.68. The van der Waals surface area contributed by atoms with Crippen molar-refractivity contribution in [3.05, 3.63) is 0 Å². The van der Waals surface area contributed by atoms with Crippen LogP contribution in [0.25, 0.3) is 0 Å². The van der Waals surface area contributed by atoms with Crippen molar-refractivity contribution in [3.8, 4) is 0 Å². The molecule has 5 N–H and O–H groups in total. The molecule has 16 heavy (non-hydrogen) atoms. The summed E-state index contributed by atoms with van der Waals surface area (Å²) in [5, 5.41) is 2.74. The van der Waals surface area contributed by atoms with Crippen molar-refractivity contribution in [3.63, 3.8) is 0 Å². The van der Waals surface area contributed by atoms with Crippen LogP contribution in [0.1, 0.15) is 45.4 Å². The number of amides is 2. The first-order valence-corrected chi connectivity index (χ1v) is 5.84. The van der Waals surface area contributed by atoms with Crippen LogP contribution in [0, 0.1) is 0 Å². The van der Waals surface area contributed by atoms with Crippen LogP contribution in [-0.4, -0.2) is 24.4 Å². The maximum Gasteiger partial charge on any atom is 0.220 e. The Balaban J connectivity index is 3.47. The zero-order valence-electron chi connectivity index (χ0n) is 10.00. The first kappa shape index (κ1) is 14.9. The number of carbonyl (C=O) groups excluding carboxylic acids is 2. The van der Waals surface area contributed by atoms with E-state index in [2.05, 4.69) is 5.32 Å². The van der Waals surface area contributed by atoms with Crippen LogP contribution in [0.15, 0.2) is 0 Å². The zero-order valence-corrected chi connectivity index (χ0v) is 10.00. The molecule has 0 aromatic rings. The van der Waals surface area contributed by atoms with E-state index in [0.717, 1.165) is 25.7 Å². The van der Waals surface area contributed by atoms with Gasteiger partial charge in [-0.2, -0.15) is 0 Å². The van der Waals surface area contributed by atoms with Gasteiger partial charge in [-0.3, -0.25) is 9.59 Å². The van der Waals surface area contributed by atoms with Crippen molar-refractivity contribution in [2.45, 2.75) is 51.5 Å². The minimum Gasteiger partial charge on any atom is -0.370 e. The fraction of sp³-hybridized carbons (Fsp3) is 0.818. The molecule has 94 valence electrons. The van der Waals surface area contributed by atoms with E-state index in [1.54, 1.807) is 6.92 Å². The van der Waals surface area contributed by atoms with Gasteiger partial charge in [-0.1, -0.05) is 12.8 Å². The molecule has 1 atom stereocenters. The molecular weight excluding hydrogens is 206 g/mol. The fourth-order valence-electron chi connectivity index (χ4n) is 1.48. The summed E-state index contributed by atoms with van der Waals surface area (Å²) in [6, 6.07) is -0.172. The third-order valence-electron chi connectivity index (χ3n) is 2.27. The second kappa shape index (κ2) is 9.15. The Labute approximate surface area is 96.9 Å². The molecule has 0 aromatic heterocycles. The molecule has 1 unspecified atom stereocenters. The highest BCUT2D eigenvalue weighted by Gasteiger charge is 2.09. The molecule has 2 amide bonds. The van der Waals surface area contributed by atoms with Crippen molar-refractivity contribution >= 4 is 11.8 Å². The fourth-order valence-corrected chi connectivity index (χ4v) is 1.48. The van der Waals surface area contributed by atoms with Gasteiger partial charge in [-0.05, 0) is 26.3 Å². The minimum atomic E-state index is -0.393. The third kappa shape index (κ3) is 9.45. The molecule has 0 aromatic carbocycles. The van der Waals surface area contributed by atoms with Gasteiger partial charge in [0.15, 0.2) is 0 Å². The molecule has 0 saturated carbocycles. The van der Waals surface area contributed by atoms with Crippen molar-refractivity contribution in [1.29, 1.82) is 0 Å². The number of primary amides is 1. The lowest BCUT2D eigenvalue weighted by atomic mass is 10.1. The number of rotatable bonds is 9. The lowest BCUT2D eigenvalue weighted by Gasteiger charge is -2.11. The lowest BCUT2D eigenvalue weighted by molar-refractivity contribution is -0.122. The van der Waals surface area contributed by atoms with Gasteiger partial charge in [-0.25, -0.2) is 0 Å². The van der Waals surface area contributed by atoms with Gasteiger partial charge < -0.3 is 16.8 Å². The summed E-state index contributed by atoms with van der Waals surface area (Å²) in [6.45, 7) is 2.49. The highest BCUT2D eigenvalue weighted by atomic mass is 16.2. The van der Waals surface area contributed by atoms with Gasteiger partial charge >= 0.3 is 0 Å². The normalized spacial score (nSPS) is 12.1. The monoisotopic (exact) mass is 229 g/mol. The summed E-state index contributed by atoms with van der Waals surface area (Å²) in [7, 11) is 0. The molecule has 0 saturated heterocycles. The summed E-state index contributed by atoms with van der Waals surface area (Å²) in [5.74, 6) is -0.405. The predicted molar refractivity (Wildman–Crippen MR) is 63.6 cm³/mol. The van der Waals surface area contributed by atoms with Gasteiger partial charge in [0, 0.05) is 18.9 Å². The predicted octanol–water partition coefficient (Wildman–Crippen LogP) is 0.276. The first-order valence-electron chi connectivity index (χ1n) is 5.84. The molecule has 0 radical (unpaired) electrons. The summed E-state index contributed by atoms with van der Waals surface area (Å²) in [4.78, 5) is 22.0. The Morgan fingerprint density at radius 3 is 2.38 bits per heavy atom. The van der Waals surface area contributed by atoms with Crippen LogP contribution >= 0.6 is 0 Å². The standard InChI is InChI=1S/C11H23N3O2/c1-9(8-10(13)15)14-11(16)6-4-2-3-5-7-12/h9H,2-8,12H2,1H3,(H2,13,15)(H,14,16). The molecule has 0 aliphatic heterocycles. The first-order chi connectivity index (χ1) is 7.56. The Morgan fingerprint density at radius 2 is 1.81 bits per heavy atom. The van der Waals surface area contributed by atoms with Crippen molar-refractivity contribution in [2.24, 2.45) is 11.5 Å². The molecule has 5 heteroatoms. The molecule has 0 aliphatic carbocycles. The van der Waals surface area contributed by atoms with Crippen LogP contribution in [0.5, 0.6) is 0 Å². The lowest BCUT2D eigenvalue weighted by Crippen LogP contribution is -2.35. The van der Waals surface area contributed by atoms with Crippen molar-refractivity contribution in [2.75, 3.05) is 6.54 Å². The molecule has 5 nitrogen and oxygen atoms in total. The Kier molecular flexibility index (Phi) is 8.52. The molecule has 0 heterocycles. The number of unbranched alkanes of at least 4 members (excludes halogenated alkanes) is 3. The Morgan fingerprint density at radius 1 is 1.19 bits per heavy atom. The van der Waals surface area contributed by atoms with Crippen LogP contribution in [0.3, 0.4) is 0 Å². The Hall–Kier alpha value is -1.10. The maximum absolute atomic E-state index is 11.4. The topological polar surface area (TPSA) is 98.2 Å². The quantitative estimate of drug-likeness (QED) is 0.495. The van der Waals surface area contributed by atoms with Crippen LogP contribution in [0.2, 0.25) is 0 Å². The van der Waals surface area contributed by atoms with Gasteiger partial charge in [0.2, 0.25) is 11.8 Å². The highest BCUT2D eigenvalue weighted by Crippen LogP contribution is 2.02. The number of nitrogens with one attached hydrogen (secondary N) is 1. The van der Waals surface area contributed by atoms with Crippen molar-refractivity contribution < 1.29 is 9.59 Å². The number of carbonyl (C=O) groups is 2. The second-order valence-corrected chi connectivity index (χ2v) is 4.09. The van der Waals surface area contributed by atoms with E-state index in [1.165, 1.54) is 0 Å². The van der Waals surface area contributed by atoms with Crippen LogP contribution in [-0.2, 0) is 9.59 Å². The van der Waals surface area contributed by atoms with Gasteiger partial charge in [0.1, 0.15) is 0 Å². The Bertz CT molecular complexity index is 219. The van der Waals surface area contributed by atoms with Crippen molar-refractivity contribution in [1.82, 2.24) is 5.32 Å². The smallest absolute Gasteiger partial charge is 0.220 e. The van der Waals surface area contributed by atoms with Crippen LogP contribution in [0.4, 0.5) is 0 Å². The molecule has 0 spiro atoms. The molecule has 0 rings (SSSR count). The van der Waals surface area contributed by atoms with Gasteiger partial charge in [0.05, 0.1) is 0 Å². The minimum absolute atomic E-state index is 0.0125. The maximum atomic E-state index is 11.4. The van der Waals surface area contributed by atoms with Gasteiger partial charge in [0.25, 0.3) is 0 Å². The number of hydrogen-bond donors (Lipinski definition) is 3. The third-order valence-corrected chi connectivity index (χ3v) is 2.27.